The molecule has 1 atom stereocenters. The van der Waals surface area contributed by atoms with Gasteiger partial charge < -0.3 is 15.4 Å². The molecule has 1 heterocycles. The molecule has 17 heavy (non-hydrogen) atoms. The third kappa shape index (κ3) is 5.04. The number of nitrogens with zero attached hydrogens (tertiary/aromatic N) is 1. The molecule has 0 spiro atoms. The molecule has 0 aliphatic carbocycles. The monoisotopic (exact) mass is 242 g/mol. The predicted molar refractivity (Wildman–Crippen MR) is 68.6 cm³/mol. The second-order valence-corrected chi connectivity index (χ2v) is 5.50. The van der Waals surface area contributed by atoms with Gasteiger partial charge in [-0.3, -0.25) is 4.79 Å². The molecule has 1 aliphatic rings. The Morgan fingerprint density at radius 1 is 1.41 bits per heavy atom. The number of hydrogen-bond donors (Lipinski definition) is 1. The van der Waals surface area contributed by atoms with Crippen LogP contribution in [0.2, 0.25) is 0 Å². The highest BCUT2D eigenvalue weighted by Crippen LogP contribution is 2.17. The van der Waals surface area contributed by atoms with Gasteiger partial charge in [0.2, 0.25) is 0 Å². The van der Waals surface area contributed by atoms with Crippen LogP contribution in [-0.4, -0.2) is 43.7 Å². The maximum Gasteiger partial charge on any atom is 0.310 e. The molecule has 0 radical (unpaired) electrons. The topological polar surface area (TPSA) is 55.6 Å². The minimum Gasteiger partial charge on any atom is -0.462 e. The van der Waals surface area contributed by atoms with E-state index in [-0.39, 0.29) is 18.0 Å². The lowest BCUT2D eigenvalue weighted by molar-refractivity contribution is -0.156. The largest absolute Gasteiger partial charge is 0.462 e. The predicted octanol–water partition coefficient (Wildman–Crippen LogP) is 1.24. The first-order chi connectivity index (χ1) is 8.02. The van der Waals surface area contributed by atoms with E-state index in [9.17, 15) is 4.79 Å². The molecule has 0 aromatic heterocycles. The molecular formula is C13H26N2O2. The first-order valence-electron chi connectivity index (χ1n) is 6.62. The summed E-state index contributed by atoms with van der Waals surface area (Å²) in [6.07, 6.45) is 2.81. The van der Waals surface area contributed by atoms with Crippen LogP contribution < -0.4 is 5.73 Å². The van der Waals surface area contributed by atoms with E-state index in [0.29, 0.717) is 12.5 Å². The molecular weight excluding hydrogens is 216 g/mol. The maximum absolute atomic E-state index is 11.9. The summed E-state index contributed by atoms with van der Waals surface area (Å²) in [6, 6.07) is 0. The number of carbonyl (C=O) groups is 1. The van der Waals surface area contributed by atoms with Gasteiger partial charge in [-0.2, -0.15) is 0 Å². The van der Waals surface area contributed by atoms with Gasteiger partial charge in [-0.1, -0.05) is 13.8 Å². The standard InChI is InChI=1S/C13H26N2O2/c1-10(2)8-11(9-14)13(16)17-12-4-6-15(3)7-5-12/h10-12H,4-9,14H2,1-3H3. The summed E-state index contributed by atoms with van der Waals surface area (Å²) in [4.78, 5) is 14.2. The van der Waals surface area contributed by atoms with E-state index in [4.69, 9.17) is 10.5 Å². The molecule has 100 valence electrons. The van der Waals surface area contributed by atoms with Crippen molar-refractivity contribution < 1.29 is 9.53 Å². The van der Waals surface area contributed by atoms with Crippen LogP contribution in [0.5, 0.6) is 0 Å². The van der Waals surface area contributed by atoms with Crippen molar-refractivity contribution in [1.29, 1.82) is 0 Å². The number of likely N-dealkylation sites (tertiary alicyclic amines) is 1. The lowest BCUT2D eigenvalue weighted by Gasteiger charge is -2.29. The Kier molecular flexibility index (Phi) is 5.92. The molecule has 1 fully saturated rings. The summed E-state index contributed by atoms with van der Waals surface area (Å²) in [5.41, 5.74) is 5.64. The Labute approximate surface area is 104 Å². The molecule has 0 aromatic carbocycles. The van der Waals surface area contributed by atoms with E-state index in [1.54, 1.807) is 0 Å². The number of hydrogen-bond acceptors (Lipinski definition) is 4. The molecule has 1 aliphatic heterocycles. The van der Waals surface area contributed by atoms with E-state index >= 15 is 0 Å². The summed E-state index contributed by atoms with van der Waals surface area (Å²) in [7, 11) is 2.10. The number of rotatable bonds is 5. The van der Waals surface area contributed by atoms with Gasteiger partial charge >= 0.3 is 5.97 Å². The van der Waals surface area contributed by atoms with E-state index in [2.05, 4.69) is 25.8 Å². The van der Waals surface area contributed by atoms with Crippen LogP contribution in [0.25, 0.3) is 0 Å². The van der Waals surface area contributed by atoms with Gasteiger partial charge in [-0.05, 0) is 32.2 Å². The zero-order valence-corrected chi connectivity index (χ0v) is 11.3. The fraction of sp³-hybridized carbons (Fsp3) is 0.923. The fourth-order valence-corrected chi connectivity index (χ4v) is 2.22. The maximum atomic E-state index is 11.9. The zero-order valence-electron chi connectivity index (χ0n) is 11.3. The third-order valence-electron chi connectivity index (χ3n) is 3.32. The summed E-state index contributed by atoms with van der Waals surface area (Å²) < 4.78 is 5.55. The number of ether oxygens (including phenoxy) is 1. The summed E-state index contributed by atoms with van der Waals surface area (Å²) >= 11 is 0. The van der Waals surface area contributed by atoms with Crippen molar-refractivity contribution in [2.75, 3.05) is 26.7 Å². The zero-order chi connectivity index (χ0) is 12.8. The van der Waals surface area contributed by atoms with E-state index in [1.807, 2.05) is 0 Å². The van der Waals surface area contributed by atoms with Crippen molar-refractivity contribution in [1.82, 2.24) is 4.90 Å². The van der Waals surface area contributed by atoms with Crippen molar-refractivity contribution in [3.05, 3.63) is 0 Å². The summed E-state index contributed by atoms with van der Waals surface area (Å²) in [6.45, 7) is 6.62. The molecule has 0 amide bonds. The van der Waals surface area contributed by atoms with Gasteiger partial charge in [0, 0.05) is 19.6 Å². The van der Waals surface area contributed by atoms with Crippen LogP contribution in [0.15, 0.2) is 0 Å². The SMILES string of the molecule is CC(C)CC(CN)C(=O)OC1CCN(C)CC1. The molecule has 0 saturated carbocycles. The lowest BCUT2D eigenvalue weighted by atomic mass is 9.97. The number of piperidine rings is 1. The van der Waals surface area contributed by atoms with Crippen molar-refractivity contribution in [2.45, 2.75) is 39.2 Å². The van der Waals surface area contributed by atoms with Crippen molar-refractivity contribution in [3.8, 4) is 0 Å². The Morgan fingerprint density at radius 2 is 2.00 bits per heavy atom. The van der Waals surface area contributed by atoms with Gasteiger partial charge in [0.1, 0.15) is 6.10 Å². The molecule has 0 bridgehead atoms. The lowest BCUT2D eigenvalue weighted by Crippen LogP contribution is -2.37. The van der Waals surface area contributed by atoms with Crippen molar-refractivity contribution in [2.24, 2.45) is 17.6 Å². The second kappa shape index (κ2) is 6.97. The molecule has 4 heteroatoms. The molecule has 1 rings (SSSR count). The first kappa shape index (κ1) is 14.5. The molecule has 2 N–H and O–H groups in total. The Balaban J connectivity index is 2.36. The Hall–Kier alpha value is -0.610. The normalized spacial score (nSPS) is 20.5. The van der Waals surface area contributed by atoms with Gasteiger partial charge in [-0.25, -0.2) is 0 Å². The molecule has 0 aromatic rings. The summed E-state index contributed by atoms with van der Waals surface area (Å²) in [5, 5.41) is 0. The van der Waals surface area contributed by atoms with Crippen LogP contribution in [0.3, 0.4) is 0 Å². The fourth-order valence-electron chi connectivity index (χ4n) is 2.22. The van der Waals surface area contributed by atoms with E-state index in [0.717, 1.165) is 32.4 Å². The van der Waals surface area contributed by atoms with Gasteiger partial charge in [-0.15, -0.1) is 0 Å². The second-order valence-electron chi connectivity index (χ2n) is 5.50. The van der Waals surface area contributed by atoms with Crippen LogP contribution >= 0.6 is 0 Å². The van der Waals surface area contributed by atoms with Gasteiger partial charge in [0.15, 0.2) is 0 Å². The van der Waals surface area contributed by atoms with Crippen LogP contribution in [-0.2, 0) is 9.53 Å². The average molecular weight is 242 g/mol. The van der Waals surface area contributed by atoms with Crippen molar-refractivity contribution >= 4 is 5.97 Å². The molecule has 1 unspecified atom stereocenters. The molecule has 4 nitrogen and oxygen atoms in total. The van der Waals surface area contributed by atoms with E-state index < -0.39 is 0 Å². The highest BCUT2D eigenvalue weighted by atomic mass is 16.5. The summed E-state index contributed by atoms with van der Waals surface area (Å²) in [5.74, 6) is 0.249. The van der Waals surface area contributed by atoms with Crippen molar-refractivity contribution in [3.63, 3.8) is 0 Å². The highest BCUT2D eigenvalue weighted by molar-refractivity contribution is 5.72. The minimum absolute atomic E-state index is 0.0971. The minimum atomic E-state index is -0.130. The van der Waals surface area contributed by atoms with Crippen LogP contribution in [0.1, 0.15) is 33.1 Å². The van der Waals surface area contributed by atoms with Gasteiger partial charge in [0.25, 0.3) is 0 Å². The molecule has 1 saturated heterocycles. The highest BCUT2D eigenvalue weighted by Gasteiger charge is 2.25. The van der Waals surface area contributed by atoms with Gasteiger partial charge in [0.05, 0.1) is 5.92 Å². The van der Waals surface area contributed by atoms with Crippen LogP contribution in [0, 0.1) is 11.8 Å². The third-order valence-corrected chi connectivity index (χ3v) is 3.32. The number of esters is 1. The number of nitrogens with two attached hydrogens (primary N) is 1. The van der Waals surface area contributed by atoms with E-state index in [1.165, 1.54) is 0 Å². The quantitative estimate of drug-likeness (QED) is 0.737. The first-order valence-corrected chi connectivity index (χ1v) is 6.62. The number of carbonyl (C=O) groups excluding carboxylic acids is 1. The average Bonchev–Trinajstić information content (AvgIpc) is 2.28. The Morgan fingerprint density at radius 3 is 2.47 bits per heavy atom. The smallest absolute Gasteiger partial charge is 0.310 e. The van der Waals surface area contributed by atoms with Crippen LogP contribution in [0.4, 0.5) is 0 Å². The Bertz CT molecular complexity index is 236.